The van der Waals surface area contributed by atoms with Gasteiger partial charge in [0.15, 0.2) is 0 Å². The molecule has 1 fully saturated rings. The van der Waals surface area contributed by atoms with Crippen molar-refractivity contribution in [3.63, 3.8) is 0 Å². The molecule has 1 atom stereocenters. The summed E-state index contributed by atoms with van der Waals surface area (Å²) in [5, 5.41) is 4.85. The molecule has 0 aromatic heterocycles. The first-order chi connectivity index (χ1) is 5.27. The summed E-state index contributed by atoms with van der Waals surface area (Å²) in [5.74, 6) is -0.250. The van der Waals surface area contributed by atoms with Crippen LogP contribution in [0.25, 0.3) is 0 Å². The highest BCUT2D eigenvalue weighted by Crippen LogP contribution is 2.31. The largest absolute Gasteiger partial charge is 0.323 e. The van der Waals surface area contributed by atoms with E-state index in [2.05, 4.69) is 10.6 Å². The van der Waals surface area contributed by atoms with Crippen LogP contribution in [0.1, 0.15) is 27.7 Å². The fourth-order valence-electron chi connectivity index (χ4n) is 1.07. The van der Waals surface area contributed by atoms with Gasteiger partial charge in [-0.25, -0.2) is 4.79 Å². The highest BCUT2D eigenvalue weighted by molar-refractivity contribution is 6.07. The Morgan fingerprint density at radius 2 is 1.75 bits per heavy atom. The van der Waals surface area contributed by atoms with E-state index in [1.165, 1.54) is 0 Å². The SMILES string of the molecule is CC(C)(C)[C@]1(C)NC(=O)NC1=O. The maximum Gasteiger partial charge on any atom is 0.322 e. The summed E-state index contributed by atoms with van der Waals surface area (Å²) >= 11 is 0. The van der Waals surface area contributed by atoms with E-state index < -0.39 is 11.6 Å². The Bertz CT molecular complexity index is 242. The molecule has 12 heavy (non-hydrogen) atoms. The van der Waals surface area contributed by atoms with Gasteiger partial charge in [-0.1, -0.05) is 20.8 Å². The Morgan fingerprint density at radius 3 is 1.92 bits per heavy atom. The van der Waals surface area contributed by atoms with Gasteiger partial charge >= 0.3 is 6.03 Å². The van der Waals surface area contributed by atoms with Crippen LogP contribution in [0.3, 0.4) is 0 Å². The van der Waals surface area contributed by atoms with Crippen LogP contribution in [0.2, 0.25) is 0 Å². The molecule has 0 radical (unpaired) electrons. The number of carbonyl (C=O) groups is 2. The van der Waals surface area contributed by atoms with Crippen molar-refractivity contribution in [1.29, 1.82) is 0 Å². The predicted octanol–water partition coefficient (Wildman–Crippen LogP) is 0.631. The van der Waals surface area contributed by atoms with Crippen molar-refractivity contribution < 1.29 is 9.59 Å². The predicted molar refractivity (Wildman–Crippen MR) is 44.5 cm³/mol. The standard InChI is InChI=1S/C8H14N2O2/c1-7(2,3)8(4)5(11)9-6(12)10-8/h1-4H3,(H2,9,10,11,12)/t8-/m1/s1. The zero-order valence-electron chi connectivity index (χ0n) is 7.82. The van der Waals surface area contributed by atoms with Crippen LogP contribution in [0.5, 0.6) is 0 Å². The smallest absolute Gasteiger partial charge is 0.322 e. The average molecular weight is 170 g/mol. The summed E-state index contributed by atoms with van der Waals surface area (Å²) in [6.45, 7) is 7.47. The molecule has 0 bridgehead atoms. The zero-order chi connectivity index (χ0) is 9.57. The van der Waals surface area contributed by atoms with Crippen molar-refractivity contribution in [2.75, 3.05) is 0 Å². The van der Waals surface area contributed by atoms with Gasteiger partial charge in [-0.15, -0.1) is 0 Å². The number of rotatable bonds is 0. The lowest BCUT2D eigenvalue weighted by Gasteiger charge is -2.35. The molecule has 3 amide bonds. The Labute approximate surface area is 71.7 Å². The Morgan fingerprint density at radius 1 is 1.25 bits per heavy atom. The third kappa shape index (κ3) is 1.07. The van der Waals surface area contributed by atoms with Crippen molar-refractivity contribution in [1.82, 2.24) is 10.6 Å². The molecule has 1 heterocycles. The molecule has 68 valence electrons. The minimum atomic E-state index is -0.788. The fourth-order valence-corrected chi connectivity index (χ4v) is 1.07. The van der Waals surface area contributed by atoms with Crippen LogP contribution in [0, 0.1) is 5.41 Å². The van der Waals surface area contributed by atoms with Gasteiger partial charge in [-0.3, -0.25) is 10.1 Å². The number of imide groups is 1. The first kappa shape index (κ1) is 9.03. The van der Waals surface area contributed by atoms with E-state index in [4.69, 9.17) is 0 Å². The van der Waals surface area contributed by atoms with Crippen molar-refractivity contribution in [2.45, 2.75) is 33.2 Å². The van der Waals surface area contributed by atoms with Crippen molar-refractivity contribution in [2.24, 2.45) is 5.41 Å². The number of carbonyl (C=O) groups excluding carboxylic acids is 2. The normalized spacial score (nSPS) is 30.0. The molecule has 0 aromatic rings. The molecule has 1 saturated heterocycles. The number of hydrogen-bond donors (Lipinski definition) is 2. The van der Waals surface area contributed by atoms with Crippen LogP contribution >= 0.6 is 0 Å². The van der Waals surface area contributed by atoms with E-state index in [1.54, 1.807) is 6.92 Å². The average Bonchev–Trinajstić information content (AvgIpc) is 2.06. The first-order valence-corrected chi connectivity index (χ1v) is 3.91. The van der Waals surface area contributed by atoms with E-state index >= 15 is 0 Å². The summed E-state index contributed by atoms with van der Waals surface area (Å²) in [6, 6.07) is -0.405. The van der Waals surface area contributed by atoms with Crippen LogP contribution in [0.4, 0.5) is 4.79 Å². The van der Waals surface area contributed by atoms with Gasteiger partial charge in [0.1, 0.15) is 5.54 Å². The van der Waals surface area contributed by atoms with Gasteiger partial charge in [0.2, 0.25) is 0 Å². The molecule has 0 aliphatic carbocycles. The number of hydrogen-bond acceptors (Lipinski definition) is 2. The van der Waals surface area contributed by atoms with Gasteiger partial charge in [-0.05, 0) is 12.3 Å². The van der Waals surface area contributed by atoms with Gasteiger partial charge in [0.05, 0.1) is 0 Å². The number of nitrogens with one attached hydrogen (secondary N) is 2. The quantitative estimate of drug-likeness (QED) is 0.524. The van der Waals surface area contributed by atoms with Crippen LogP contribution in [-0.2, 0) is 4.79 Å². The molecule has 0 spiro atoms. The molecule has 0 saturated carbocycles. The monoisotopic (exact) mass is 170 g/mol. The lowest BCUT2D eigenvalue weighted by atomic mass is 9.75. The van der Waals surface area contributed by atoms with E-state index in [1.807, 2.05) is 20.8 Å². The molecule has 1 aliphatic heterocycles. The topological polar surface area (TPSA) is 58.2 Å². The molecule has 1 aliphatic rings. The minimum absolute atomic E-state index is 0.250. The third-order valence-corrected chi connectivity index (χ3v) is 2.54. The minimum Gasteiger partial charge on any atom is -0.323 e. The van der Waals surface area contributed by atoms with E-state index in [0.717, 1.165) is 0 Å². The van der Waals surface area contributed by atoms with E-state index in [0.29, 0.717) is 0 Å². The number of urea groups is 1. The molecule has 0 aromatic carbocycles. The Balaban J connectivity index is 3.00. The number of amides is 3. The molecule has 1 rings (SSSR count). The van der Waals surface area contributed by atoms with Crippen LogP contribution in [-0.4, -0.2) is 17.5 Å². The van der Waals surface area contributed by atoms with Gasteiger partial charge in [0, 0.05) is 0 Å². The second-order valence-corrected chi connectivity index (χ2v) is 4.28. The highest BCUT2D eigenvalue weighted by Gasteiger charge is 2.50. The van der Waals surface area contributed by atoms with Gasteiger partial charge < -0.3 is 5.32 Å². The summed E-state index contributed by atoms with van der Waals surface area (Å²) < 4.78 is 0. The third-order valence-electron chi connectivity index (χ3n) is 2.54. The summed E-state index contributed by atoms with van der Waals surface area (Å²) in [6.07, 6.45) is 0. The van der Waals surface area contributed by atoms with Crippen LogP contribution < -0.4 is 10.6 Å². The molecule has 4 nitrogen and oxygen atoms in total. The van der Waals surface area contributed by atoms with Crippen molar-refractivity contribution >= 4 is 11.9 Å². The van der Waals surface area contributed by atoms with Crippen molar-refractivity contribution in [3.05, 3.63) is 0 Å². The molecule has 4 heteroatoms. The van der Waals surface area contributed by atoms with Crippen molar-refractivity contribution in [3.8, 4) is 0 Å². The first-order valence-electron chi connectivity index (χ1n) is 3.91. The maximum absolute atomic E-state index is 11.4. The van der Waals surface area contributed by atoms with E-state index in [9.17, 15) is 9.59 Å². The van der Waals surface area contributed by atoms with Crippen LogP contribution in [0.15, 0.2) is 0 Å². The molecular formula is C8H14N2O2. The lowest BCUT2D eigenvalue weighted by molar-refractivity contribution is -0.126. The molecular weight excluding hydrogens is 156 g/mol. The zero-order valence-corrected chi connectivity index (χ0v) is 7.82. The summed E-state index contributed by atoms with van der Waals surface area (Å²) in [4.78, 5) is 22.2. The fraction of sp³-hybridized carbons (Fsp3) is 0.750. The van der Waals surface area contributed by atoms with E-state index in [-0.39, 0.29) is 11.3 Å². The molecule has 0 unspecified atom stereocenters. The second kappa shape index (κ2) is 2.21. The molecule has 2 N–H and O–H groups in total. The Hall–Kier alpha value is -1.06. The lowest BCUT2D eigenvalue weighted by Crippen LogP contribution is -2.54. The van der Waals surface area contributed by atoms with Gasteiger partial charge in [-0.2, -0.15) is 0 Å². The Kier molecular flexibility index (Phi) is 1.67. The summed E-state index contributed by atoms with van der Waals surface area (Å²) in [5.41, 5.74) is -1.06. The van der Waals surface area contributed by atoms with Gasteiger partial charge in [0.25, 0.3) is 5.91 Å². The highest BCUT2D eigenvalue weighted by atomic mass is 16.2. The maximum atomic E-state index is 11.4. The summed E-state index contributed by atoms with van der Waals surface area (Å²) in [7, 11) is 0. The second-order valence-electron chi connectivity index (χ2n) is 4.28.